The summed E-state index contributed by atoms with van der Waals surface area (Å²) < 4.78 is 5.16. The van der Waals surface area contributed by atoms with Gasteiger partial charge in [-0.2, -0.15) is 0 Å². The molecule has 0 aromatic heterocycles. The second-order valence-corrected chi connectivity index (χ2v) is 7.40. The van der Waals surface area contributed by atoms with Gasteiger partial charge in [0.15, 0.2) is 0 Å². The van der Waals surface area contributed by atoms with E-state index in [9.17, 15) is 14.9 Å². The minimum absolute atomic E-state index is 0.0263. The number of ether oxygens (including phenoxy) is 1. The Labute approximate surface area is 162 Å². The van der Waals surface area contributed by atoms with Gasteiger partial charge in [-0.05, 0) is 49.1 Å². The molecule has 2 aromatic carbocycles. The third-order valence-electron chi connectivity index (χ3n) is 5.10. The van der Waals surface area contributed by atoms with Crippen molar-refractivity contribution in [3.05, 3.63) is 85.9 Å². The summed E-state index contributed by atoms with van der Waals surface area (Å²) in [5.41, 5.74) is 3.19. The van der Waals surface area contributed by atoms with E-state index in [2.05, 4.69) is 0 Å². The average molecular weight is 386 g/mol. The molecule has 0 amide bonds. The molecule has 140 valence electrons. The van der Waals surface area contributed by atoms with E-state index in [0.717, 1.165) is 22.3 Å². The fraction of sp³-hybridized carbons (Fsp3) is 0.286. The van der Waals surface area contributed by atoms with Crippen molar-refractivity contribution in [2.75, 3.05) is 7.11 Å². The number of nitro groups is 1. The van der Waals surface area contributed by atoms with Crippen molar-refractivity contribution in [2.24, 2.45) is 5.41 Å². The Hall–Kier alpha value is -2.66. The quantitative estimate of drug-likeness (QED) is 0.311. The Bertz CT molecular complexity index is 914. The predicted molar refractivity (Wildman–Crippen MR) is 104 cm³/mol. The van der Waals surface area contributed by atoms with Crippen molar-refractivity contribution in [3.8, 4) is 0 Å². The van der Waals surface area contributed by atoms with Gasteiger partial charge in [0.05, 0.1) is 12.0 Å². The van der Waals surface area contributed by atoms with E-state index in [-0.39, 0.29) is 17.6 Å². The topological polar surface area (TPSA) is 69.4 Å². The maximum Gasteiger partial charge on any atom is 0.317 e. The number of halogens is 1. The molecule has 0 heterocycles. The van der Waals surface area contributed by atoms with Crippen LogP contribution < -0.4 is 0 Å². The number of non-ortho nitro benzene ring substituents is 1. The lowest BCUT2D eigenvalue weighted by Gasteiger charge is -2.15. The van der Waals surface area contributed by atoms with Gasteiger partial charge in [0.2, 0.25) is 0 Å². The molecular weight excluding hydrogens is 366 g/mol. The number of esters is 1. The number of benzene rings is 2. The molecule has 0 radical (unpaired) electrons. The minimum Gasteiger partial charge on any atom is -0.468 e. The van der Waals surface area contributed by atoms with E-state index < -0.39 is 10.3 Å². The van der Waals surface area contributed by atoms with Crippen LogP contribution in [0.4, 0.5) is 5.69 Å². The molecule has 0 spiro atoms. The van der Waals surface area contributed by atoms with Gasteiger partial charge in [0.25, 0.3) is 5.69 Å². The third-order valence-corrected chi connectivity index (χ3v) is 5.35. The normalized spacial score (nSPS) is 20.9. The van der Waals surface area contributed by atoms with Crippen molar-refractivity contribution in [2.45, 2.75) is 26.2 Å². The molecule has 2 aromatic rings. The maximum absolute atomic E-state index is 12.9. The number of nitrogens with zero attached hydrogens (tertiary/aromatic N) is 1. The number of nitro benzene ring substituents is 1. The molecule has 0 N–H and O–H groups in total. The highest BCUT2D eigenvalue weighted by atomic mass is 35.5. The highest BCUT2D eigenvalue weighted by Crippen LogP contribution is 2.68. The molecule has 0 aliphatic heterocycles. The van der Waals surface area contributed by atoms with Crippen LogP contribution in [0.3, 0.4) is 0 Å². The lowest BCUT2D eigenvalue weighted by Crippen LogP contribution is -2.23. The van der Waals surface area contributed by atoms with Crippen molar-refractivity contribution < 1.29 is 14.5 Å². The summed E-state index contributed by atoms with van der Waals surface area (Å²) in [6, 6.07) is 13.8. The van der Waals surface area contributed by atoms with Crippen LogP contribution in [0.1, 0.15) is 30.9 Å². The van der Waals surface area contributed by atoms with E-state index in [1.165, 1.54) is 19.2 Å². The number of allylic oxidation sites excluding steroid dienone is 1. The highest BCUT2D eigenvalue weighted by Gasteiger charge is 2.66. The maximum atomic E-state index is 12.9. The fourth-order valence-electron chi connectivity index (χ4n) is 3.95. The van der Waals surface area contributed by atoms with Crippen LogP contribution >= 0.6 is 11.6 Å². The molecule has 0 saturated heterocycles. The number of rotatable bonds is 5. The summed E-state index contributed by atoms with van der Waals surface area (Å²) in [7, 11) is 1.39. The predicted octanol–water partition coefficient (Wildman–Crippen LogP) is 5.08. The zero-order valence-electron chi connectivity index (χ0n) is 15.4. The lowest BCUT2D eigenvalue weighted by molar-refractivity contribution is -0.384. The Morgan fingerprint density at radius 1 is 1.15 bits per heavy atom. The highest BCUT2D eigenvalue weighted by molar-refractivity contribution is 6.30. The van der Waals surface area contributed by atoms with Gasteiger partial charge in [-0.3, -0.25) is 14.9 Å². The Balaban J connectivity index is 2.04. The van der Waals surface area contributed by atoms with Gasteiger partial charge < -0.3 is 4.74 Å². The summed E-state index contributed by atoms with van der Waals surface area (Å²) in [5, 5.41) is 11.5. The largest absolute Gasteiger partial charge is 0.468 e. The number of methoxy groups -OCH3 is 1. The standard InChI is InChI=1S/C21H20ClNO4/c1-13(2)18-19(15-6-8-16(22)9-7-15)21(18,20(24)27-3)12-14-4-10-17(11-5-14)23(25)26/h4-11,19H,12H2,1-3H3/t19?,21-/m0/s1. The van der Waals surface area contributed by atoms with Crippen LogP contribution in [0, 0.1) is 15.5 Å². The molecule has 27 heavy (non-hydrogen) atoms. The Kier molecular flexibility index (Phi) is 5.07. The first-order valence-corrected chi connectivity index (χ1v) is 8.94. The lowest BCUT2D eigenvalue weighted by atomic mass is 9.90. The number of carbonyl (C=O) groups is 1. The molecule has 1 saturated carbocycles. The van der Waals surface area contributed by atoms with E-state index in [4.69, 9.17) is 16.3 Å². The summed E-state index contributed by atoms with van der Waals surface area (Å²) in [6.07, 6.45) is 0.422. The molecule has 1 aliphatic rings. The van der Waals surface area contributed by atoms with Crippen LogP contribution in [0.2, 0.25) is 5.02 Å². The van der Waals surface area contributed by atoms with Gasteiger partial charge in [0.1, 0.15) is 5.41 Å². The molecular formula is C21H20ClNO4. The zero-order chi connectivity index (χ0) is 19.8. The monoisotopic (exact) mass is 385 g/mol. The van der Waals surface area contributed by atoms with Gasteiger partial charge >= 0.3 is 5.97 Å². The Morgan fingerprint density at radius 2 is 1.74 bits per heavy atom. The molecule has 1 unspecified atom stereocenters. The van der Waals surface area contributed by atoms with Crippen molar-refractivity contribution in [1.82, 2.24) is 0 Å². The molecule has 5 nitrogen and oxygen atoms in total. The van der Waals surface area contributed by atoms with E-state index >= 15 is 0 Å². The van der Waals surface area contributed by atoms with Crippen LogP contribution in [0.5, 0.6) is 0 Å². The molecule has 2 atom stereocenters. The third kappa shape index (κ3) is 3.35. The minimum atomic E-state index is -0.794. The van der Waals surface area contributed by atoms with Crippen LogP contribution in [0.25, 0.3) is 0 Å². The van der Waals surface area contributed by atoms with Gasteiger partial charge in [-0.25, -0.2) is 0 Å². The molecule has 1 aliphatic carbocycles. The van der Waals surface area contributed by atoms with E-state index in [0.29, 0.717) is 11.4 Å². The summed E-state index contributed by atoms with van der Waals surface area (Å²) >= 11 is 6.01. The van der Waals surface area contributed by atoms with Gasteiger partial charge in [-0.15, -0.1) is 0 Å². The summed E-state index contributed by atoms with van der Waals surface area (Å²) in [5.74, 6) is -0.389. The summed E-state index contributed by atoms with van der Waals surface area (Å²) in [6.45, 7) is 3.97. The van der Waals surface area contributed by atoms with Crippen LogP contribution in [-0.2, 0) is 16.0 Å². The fourth-order valence-corrected chi connectivity index (χ4v) is 4.08. The first kappa shape index (κ1) is 19.1. The zero-order valence-corrected chi connectivity index (χ0v) is 16.1. The summed E-state index contributed by atoms with van der Waals surface area (Å²) in [4.78, 5) is 23.3. The van der Waals surface area contributed by atoms with E-state index in [1.54, 1.807) is 12.1 Å². The Morgan fingerprint density at radius 3 is 2.22 bits per heavy atom. The molecule has 3 rings (SSSR count). The van der Waals surface area contributed by atoms with Crippen molar-refractivity contribution in [3.63, 3.8) is 0 Å². The second kappa shape index (κ2) is 7.16. The molecule has 6 heteroatoms. The van der Waals surface area contributed by atoms with Gasteiger partial charge in [0, 0.05) is 23.1 Å². The van der Waals surface area contributed by atoms with E-state index in [1.807, 2.05) is 38.1 Å². The van der Waals surface area contributed by atoms with Crippen LogP contribution in [-0.4, -0.2) is 18.0 Å². The van der Waals surface area contributed by atoms with Crippen LogP contribution in [0.15, 0.2) is 59.7 Å². The first-order valence-electron chi connectivity index (χ1n) is 8.56. The number of hydrogen-bond donors (Lipinski definition) is 0. The average Bonchev–Trinajstić information content (AvgIpc) is 3.32. The smallest absolute Gasteiger partial charge is 0.317 e. The number of carbonyl (C=O) groups excluding carboxylic acids is 1. The molecule has 1 fully saturated rings. The SMILES string of the molecule is COC(=O)[C@@]1(Cc2ccc([N+](=O)[O-])cc2)C(=C(C)C)C1c1ccc(Cl)cc1. The second-order valence-electron chi connectivity index (χ2n) is 6.96. The number of hydrogen-bond acceptors (Lipinski definition) is 4. The van der Waals surface area contributed by atoms with Crippen molar-refractivity contribution >= 4 is 23.3 Å². The molecule has 0 bridgehead atoms. The first-order chi connectivity index (χ1) is 12.8. The van der Waals surface area contributed by atoms with Crippen molar-refractivity contribution in [1.29, 1.82) is 0 Å². The van der Waals surface area contributed by atoms with Gasteiger partial charge in [-0.1, -0.05) is 41.4 Å².